The molecule has 1 rings (SSSR count). The molecule has 0 aromatic heterocycles. The van der Waals surface area contributed by atoms with Crippen molar-refractivity contribution in [3.63, 3.8) is 0 Å². The van der Waals surface area contributed by atoms with Gasteiger partial charge in [0, 0.05) is 24.4 Å². The first-order valence-electron chi connectivity index (χ1n) is 6.13. The molecule has 0 saturated carbocycles. The number of Topliss-reactive ketones (excluding diaryl/α,β-unsaturated/α-hetero) is 1. The Labute approximate surface area is 130 Å². The first-order valence-corrected chi connectivity index (χ1v) is 6.66. The van der Waals surface area contributed by atoms with E-state index in [-0.39, 0.29) is 30.7 Å². The van der Waals surface area contributed by atoms with Crippen molar-refractivity contribution in [3.8, 4) is 0 Å². The Kier molecular flexibility index (Phi) is 10.1. The number of aryl methyl sites for hydroxylation is 1. The summed E-state index contributed by atoms with van der Waals surface area (Å²) in [6.07, 6.45) is 0.965. The largest absolute Gasteiger partial charge is 0.469 e. The van der Waals surface area contributed by atoms with E-state index in [0.29, 0.717) is 30.8 Å². The summed E-state index contributed by atoms with van der Waals surface area (Å²) in [6, 6.07) is 7.27. The summed E-state index contributed by atoms with van der Waals surface area (Å²) in [5, 5.41) is 2.95. The summed E-state index contributed by atoms with van der Waals surface area (Å²) in [5.41, 5.74) is 1.67. The zero-order valence-corrected chi connectivity index (χ0v) is 12.9. The van der Waals surface area contributed by atoms with Gasteiger partial charge in [-0.05, 0) is 12.0 Å². The Morgan fingerprint density at radius 1 is 1.25 bits per heavy atom. The molecule has 0 heterocycles. The Morgan fingerprint density at radius 3 is 2.45 bits per heavy atom. The molecule has 0 saturated heterocycles. The molecule has 6 heteroatoms. The number of rotatable bonds is 8. The van der Waals surface area contributed by atoms with E-state index >= 15 is 0 Å². The molecular weight excluding hydrogens is 301 g/mol. The molecular formula is C14H19Cl2NO3. The normalized spacial score (nSPS) is 9.70. The van der Waals surface area contributed by atoms with E-state index in [1.54, 1.807) is 12.1 Å². The summed E-state index contributed by atoms with van der Waals surface area (Å²) in [6.45, 7) is 0.902. The summed E-state index contributed by atoms with van der Waals surface area (Å²) in [4.78, 5) is 22.8. The molecule has 0 atom stereocenters. The van der Waals surface area contributed by atoms with Gasteiger partial charge in [-0.2, -0.15) is 0 Å². The second-order valence-corrected chi connectivity index (χ2v) is 4.44. The monoisotopic (exact) mass is 319 g/mol. The highest BCUT2D eigenvalue weighted by atomic mass is 35.5. The number of nitrogens with one attached hydrogen (secondary N) is 1. The van der Waals surface area contributed by atoms with E-state index in [2.05, 4.69) is 10.1 Å². The van der Waals surface area contributed by atoms with Crippen molar-refractivity contribution >= 4 is 35.8 Å². The number of benzene rings is 1. The number of alkyl halides is 1. The lowest BCUT2D eigenvalue weighted by atomic mass is 10.1. The molecule has 1 aromatic carbocycles. The van der Waals surface area contributed by atoms with Crippen LogP contribution in [0, 0.1) is 0 Å². The molecule has 0 amide bonds. The van der Waals surface area contributed by atoms with Crippen LogP contribution in [0.4, 0.5) is 0 Å². The predicted octanol–water partition coefficient (Wildman–Crippen LogP) is 2.23. The molecule has 0 aliphatic rings. The minimum Gasteiger partial charge on any atom is -0.469 e. The highest BCUT2D eigenvalue weighted by Crippen LogP contribution is 2.07. The molecule has 0 aliphatic carbocycles. The van der Waals surface area contributed by atoms with Crippen LogP contribution in [0.25, 0.3) is 0 Å². The van der Waals surface area contributed by atoms with Crippen molar-refractivity contribution in [2.45, 2.75) is 12.8 Å². The average molecular weight is 320 g/mol. The quantitative estimate of drug-likeness (QED) is 0.345. The predicted molar refractivity (Wildman–Crippen MR) is 81.9 cm³/mol. The molecule has 20 heavy (non-hydrogen) atoms. The zero-order chi connectivity index (χ0) is 14.1. The van der Waals surface area contributed by atoms with E-state index in [1.807, 2.05) is 12.1 Å². The zero-order valence-electron chi connectivity index (χ0n) is 11.4. The lowest BCUT2D eigenvalue weighted by Crippen LogP contribution is -2.24. The third kappa shape index (κ3) is 6.89. The van der Waals surface area contributed by atoms with Gasteiger partial charge in [-0.25, -0.2) is 0 Å². The Morgan fingerprint density at radius 2 is 1.90 bits per heavy atom. The molecule has 0 fully saturated rings. The number of esters is 1. The SMILES string of the molecule is COC(=O)CCc1ccc(C(=O)CNCCCl)cc1.Cl. The number of carbonyl (C=O) groups excluding carboxylic acids is 2. The van der Waals surface area contributed by atoms with Gasteiger partial charge in [0.15, 0.2) is 5.78 Å². The maximum absolute atomic E-state index is 11.8. The summed E-state index contributed by atoms with van der Waals surface area (Å²) in [7, 11) is 1.37. The van der Waals surface area contributed by atoms with E-state index in [1.165, 1.54) is 7.11 Å². The second-order valence-electron chi connectivity index (χ2n) is 4.06. The highest BCUT2D eigenvalue weighted by Gasteiger charge is 2.06. The van der Waals surface area contributed by atoms with Crippen molar-refractivity contribution in [3.05, 3.63) is 35.4 Å². The minimum absolute atomic E-state index is 0. The van der Waals surface area contributed by atoms with E-state index in [9.17, 15) is 9.59 Å². The number of ether oxygens (including phenoxy) is 1. The van der Waals surface area contributed by atoms with Crippen molar-refractivity contribution in [1.82, 2.24) is 5.32 Å². The summed E-state index contributed by atoms with van der Waals surface area (Å²) in [5.74, 6) is 0.287. The first kappa shape index (κ1) is 18.9. The van der Waals surface area contributed by atoms with Crippen molar-refractivity contribution in [2.75, 3.05) is 26.1 Å². The van der Waals surface area contributed by atoms with Crippen molar-refractivity contribution in [2.24, 2.45) is 0 Å². The molecule has 0 bridgehead atoms. The van der Waals surface area contributed by atoms with Crippen molar-refractivity contribution in [1.29, 1.82) is 0 Å². The van der Waals surface area contributed by atoms with Crippen LogP contribution in [0.2, 0.25) is 0 Å². The van der Waals surface area contributed by atoms with Crippen LogP contribution in [0.1, 0.15) is 22.3 Å². The van der Waals surface area contributed by atoms with Gasteiger partial charge in [0.2, 0.25) is 0 Å². The van der Waals surface area contributed by atoms with Gasteiger partial charge in [0.05, 0.1) is 13.7 Å². The minimum atomic E-state index is -0.231. The van der Waals surface area contributed by atoms with E-state index < -0.39 is 0 Å². The third-order valence-electron chi connectivity index (χ3n) is 2.68. The Bertz CT molecular complexity index is 421. The number of hydrogen-bond acceptors (Lipinski definition) is 4. The lowest BCUT2D eigenvalue weighted by molar-refractivity contribution is -0.140. The van der Waals surface area contributed by atoms with Gasteiger partial charge in [-0.1, -0.05) is 24.3 Å². The molecule has 0 aliphatic heterocycles. The topological polar surface area (TPSA) is 55.4 Å². The number of carbonyl (C=O) groups is 2. The first-order chi connectivity index (χ1) is 9.17. The van der Waals surface area contributed by atoms with Crippen LogP contribution in [0.5, 0.6) is 0 Å². The maximum Gasteiger partial charge on any atom is 0.305 e. The number of halogens is 2. The molecule has 1 N–H and O–H groups in total. The van der Waals surface area contributed by atoms with Crippen LogP contribution < -0.4 is 5.32 Å². The van der Waals surface area contributed by atoms with Crippen LogP contribution in [0.15, 0.2) is 24.3 Å². The average Bonchev–Trinajstić information content (AvgIpc) is 2.45. The number of methoxy groups -OCH3 is 1. The van der Waals surface area contributed by atoms with Gasteiger partial charge in [0.1, 0.15) is 0 Å². The van der Waals surface area contributed by atoms with Gasteiger partial charge in [-0.3, -0.25) is 9.59 Å². The van der Waals surface area contributed by atoms with E-state index in [0.717, 1.165) is 5.56 Å². The second kappa shape index (κ2) is 10.7. The third-order valence-corrected chi connectivity index (χ3v) is 2.87. The highest BCUT2D eigenvalue weighted by molar-refractivity contribution is 6.18. The Hall–Kier alpha value is -1.10. The van der Waals surface area contributed by atoms with Crippen LogP contribution in [0.3, 0.4) is 0 Å². The van der Waals surface area contributed by atoms with E-state index in [4.69, 9.17) is 11.6 Å². The molecule has 0 radical (unpaired) electrons. The molecule has 1 aromatic rings. The van der Waals surface area contributed by atoms with Crippen molar-refractivity contribution < 1.29 is 14.3 Å². The van der Waals surface area contributed by atoms with Gasteiger partial charge >= 0.3 is 5.97 Å². The maximum atomic E-state index is 11.8. The van der Waals surface area contributed by atoms with Gasteiger partial charge < -0.3 is 10.1 Å². The summed E-state index contributed by atoms with van der Waals surface area (Å²) >= 11 is 5.51. The molecule has 0 spiro atoms. The fourth-order valence-corrected chi connectivity index (χ4v) is 1.71. The molecule has 112 valence electrons. The standard InChI is InChI=1S/C14H18ClNO3.ClH/c1-19-14(18)7-4-11-2-5-12(6-3-11)13(17)10-16-9-8-15;/h2-3,5-6,16H,4,7-10H2,1H3;1H. The van der Waals surface area contributed by atoms with Gasteiger partial charge in [0.25, 0.3) is 0 Å². The fraction of sp³-hybridized carbons (Fsp3) is 0.429. The number of ketones is 1. The lowest BCUT2D eigenvalue weighted by Gasteiger charge is -2.04. The fourth-order valence-electron chi connectivity index (χ4n) is 1.58. The number of hydrogen-bond donors (Lipinski definition) is 1. The Balaban J connectivity index is 0.00000361. The smallest absolute Gasteiger partial charge is 0.305 e. The van der Waals surface area contributed by atoms with Crippen LogP contribution in [-0.2, 0) is 16.0 Å². The van der Waals surface area contributed by atoms with Crippen LogP contribution >= 0.6 is 24.0 Å². The van der Waals surface area contributed by atoms with Gasteiger partial charge in [-0.15, -0.1) is 24.0 Å². The van der Waals surface area contributed by atoms with Crippen LogP contribution in [-0.4, -0.2) is 37.8 Å². The molecule has 0 unspecified atom stereocenters. The molecule has 4 nitrogen and oxygen atoms in total. The summed E-state index contributed by atoms with van der Waals surface area (Å²) < 4.78 is 4.58.